The number of allylic oxidation sites excluding steroid dienone is 2. The first-order valence-electron chi connectivity index (χ1n) is 28.0. The minimum Gasteiger partial charge on any atom is -0.479 e. The first kappa shape index (κ1) is 59.6. The van der Waals surface area contributed by atoms with E-state index < -0.39 is 165 Å². The fourth-order valence-corrected chi connectivity index (χ4v) is 16.6. The van der Waals surface area contributed by atoms with E-state index in [9.17, 15) is 66.1 Å². The Kier molecular flexibility index (Phi) is 16.5. The third-order valence-corrected chi connectivity index (χ3v) is 21.7. The Morgan fingerprint density at radius 2 is 1.23 bits per heavy atom. The van der Waals surface area contributed by atoms with E-state index in [-0.39, 0.29) is 39.4 Å². The molecule has 28 atom stereocenters. The molecule has 8 fully saturated rings. The van der Waals surface area contributed by atoms with Crippen LogP contribution in [-0.4, -0.2) is 209 Å². The molecular weight excluding hydrogens is 1010 g/mol. The fraction of sp³-hybridized carbons (Fsp3) is 0.927. The number of carbonyl (C=O) groups is 2. The lowest BCUT2D eigenvalue weighted by atomic mass is 9.33. The van der Waals surface area contributed by atoms with Crippen molar-refractivity contribution in [3.63, 3.8) is 0 Å². The Morgan fingerprint density at radius 1 is 0.623 bits per heavy atom. The van der Waals surface area contributed by atoms with Crippen LogP contribution in [-0.2, 0) is 47.5 Å². The van der Waals surface area contributed by atoms with Gasteiger partial charge in [-0.15, -0.1) is 0 Å². The molecule has 4 heterocycles. The molecule has 0 bridgehead atoms. The largest absolute Gasteiger partial charge is 0.479 e. The molecule has 22 nitrogen and oxygen atoms in total. The van der Waals surface area contributed by atoms with Gasteiger partial charge < -0.3 is 99.2 Å². The summed E-state index contributed by atoms with van der Waals surface area (Å²) in [5.41, 5.74) is -1.07. The SMILES string of the molecule is C[C@@H]1[C@@H](O)[C@H](OC[C@H]2O[C@@H](OC(=O)[C@]34CCC(C)(C)C[C@H]3C3=CC[C@@H]5[C@@]6(C)CC[C@H](O[C@@H]7O[C@H](C(=O)O)[C@@H](O)[C@H](O)[C@H]7O)C(C)(C)[C@@H]6CC[C@@]5(C)[C@]3(C)CC4)[C@H](O)[C@@H](O)[C@@H]2O)O[C@H](CO)[C@H]1O[C@@H]1O[C@@H](C)[C@H](O)[C@@H](O)[C@H]1O. The molecule has 4 saturated heterocycles. The molecule has 0 radical (unpaired) electrons. The minimum atomic E-state index is -1.84. The highest BCUT2D eigenvalue weighted by molar-refractivity contribution is 5.79. The van der Waals surface area contributed by atoms with Gasteiger partial charge in [0.1, 0.15) is 73.2 Å². The van der Waals surface area contributed by atoms with Gasteiger partial charge in [0, 0.05) is 5.92 Å². The van der Waals surface area contributed by atoms with Crippen molar-refractivity contribution in [2.45, 2.75) is 249 Å². The average Bonchev–Trinajstić information content (AvgIpc) is 3.47. The predicted molar refractivity (Wildman–Crippen MR) is 265 cm³/mol. The Bertz CT molecular complexity index is 2180. The number of fused-ring (bicyclic) bond motifs is 7. The molecule has 4 saturated carbocycles. The highest BCUT2D eigenvalue weighted by Crippen LogP contribution is 2.76. The van der Waals surface area contributed by atoms with Crippen LogP contribution in [0.3, 0.4) is 0 Å². The van der Waals surface area contributed by atoms with E-state index in [1.165, 1.54) is 12.5 Å². The molecule has 22 heteroatoms. The van der Waals surface area contributed by atoms with Gasteiger partial charge >= 0.3 is 11.9 Å². The van der Waals surface area contributed by atoms with Crippen molar-refractivity contribution in [3.05, 3.63) is 11.6 Å². The van der Waals surface area contributed by atoms with Gasteiger partial charge in [-0.3, -0.25) is 4.79 Å². The Balaban J connectivity index is 0.893. The van der Waals surface area contributed by atoms with Gasteiger partial charge in [-0.1, -0.05) is 67.0 Å². The smallest absolute Gasteiger partial charge is 0.335 e. The molecule has 0 aromatic rings. The maximum absolute atomic E-state index is 15.2. The number of carboxylic acid groups (broad SMARTS) is 1. The summed E-state index contributed by atoms with van der Waals surface area (Å²) < 4.78 is 47.6. The number of aliphatic carboxylic acids is 1. The number of hydrogen-bond acceptors (Lipinski definition) is 21. The van der Waals surface area contributed by atoms with Crippen LogP contribution in [0.15, 0.2) is 11.6 Å². The van der Waals surface area contributed by atoms with Crippen LogP contribution in [0.1, 0.15) is 127 Å². The normalized spacial score (nSPS) is 53.4. The second-order valence-corrected chi connectivity index (χ2v) is 26.7. The lowest BCUT2D eigenvalue weighted by Gasteiger charge is -2.71. The van der Waals surface area contributed by atoms with Gasteiger partial charge in [0.15, 0.2) is 25.0 Å². The second-order valence-electron chi connectivity index (χ2n) is 26.7. The minimum absolute atomic E-state index is 0.130. The van der Waals surface area contributed by atoms with E-state index in [1.54, 1.807) is 6.92 Å². The van der Waals surface area contributed by atoms with Crippen LogP contribution in [0, 0.1) is 56.2 Å². The van der Waals surface area contributed by atoms with Gasteiger partial charge in [-0.05, 0) is 116 Å². The molecule has 0 aromatic carbocycles. The second kappa shape index (κ2) is 21.3. The first-order valence-corrected chi connectivity index (χ1v) is 28.0. The number of carboxylic acids is 1. The van der Waals surface area contributed by atoms with E-state index in [4.69, 9.17) is 37.9 Å². The van der Waals surface area contributed by atoms with Crippen molar-refractivity contribution in [1.82, 2.24) is 0 Å². The summed E-state index contributed by atoms with van der Waals surface area (Å²) >= 11 is 0. The van der Waals surface area contributed by atoms with Crippen molar-refractivity contribution in [2.24, 2.45) is 56.2 Å². The molecule has 440 valence electrons. The summed E-state index contributed by atoms with van der Waals surface area (Å²) in [6, 6.07) is 0. The van der Waals surface area contributed by atoms with E-state index in [0.717, 1.165) is 32.1 Å². The van der Waals surface area contributed by atoms with Crippen molar-refractivity contribution in [3.8, 4) is 0 Å². The van der Waals surface area contributed by atoms with Crippen LogP contribution in [0.5, 0.6) is 0 Å². The maximum Gasteiger partial charge on any atom is 0.335 e. The number of aliphatic hydroxyl groups excluding tert-OH is 11. The van der Waals surface area contributed by atoms with E-state index >= 15 is 4.79 Å². The van der Waals surface area contributed by atoms with Gasteiger partial charge in [0.25, 0.3) is 0 Å². The third kappa shape index (κ3) is 9.77. The van der Waals surface area contributed by atoms with Gasteiger partial charge in [0.2, 0.25) is 6.29 Å². The zero-order chi connectivity index (χ0) is 56.4. The van der Waals surface area contributed by atoms with Crippen LogP contribution < -0.4 is 0 Å². The summed E-state index contributed by atoms with van der Waals surface area (Å²) in [5.74, 6) is -2.72. The fourth-order valence-electron chi connectivity index (χ4n) is 16.6. The van der Waals surface area contributed by atoms with E-state index in [2.05, 4.69) is 54.5 Å². The van der Waals surface area contributed by atoms with Gasteiger partial charge in [-0.25, -0.2) is 4.79 Å². The quantitative estimate of drug-likeness (QED) is 0.0755. The molecule has 0 amide bonds. The molecule has 9 rings (SSSR count). The molecule has 77 heavy (non-hydrogen) atoms. The number of carbonyl (C=O) groups excluding carboxylic acids is 1. The average molecular weight is 1100 g/mol. The molecule has 4 aliphatic heterocycles. The predicted octanol–water partition coefficient (Wildman–Crippen LogP) is 0.360. The number of aliphatic hydroxyl groups is 11. The summed E-state index contributed by atoms with van der Waals surface area (Å²) in [6.07, 6.45) is -20.2. The van der Waals surface area contributed by atoms with Crippen molar-refractivity contribution in [1.29, 1.82) is 0 Å². The highest BCUT2D eigenvalue weighted by Gasteiger charge is 2.70. The molecule has 9 aliphatic rings. The first-order chi connectivity index (χ1) is 35.9. The van der Waals surface area contributed by atoms with E-state index in [1.807, 2.05) is 0 Å². The molecule has 0 spiro atoms. The van der Waals surface area contributed by atoms with E-state index in [0.29, 0.717) is 32.1 Å². The zero-order valence-corrected chi connectivity index (χ0v) is 45.9. The number of rotatable bonds is 11. The number of hydrogen-bond donors (Lipinski definition) is 12. The van der Waals surface area contributed by atoms with Crippen LogP contribution in [0.25, 0.3) is 0 Å². The van der Waals surface area contributed by atoms with Crippen molar-refractivity contribution >= 4 is 11.9 Å². The van der Waals surface area contributed by atoms with Crippen molar-refractivity contribution in [2.75, 3.05) is 13.2 Å². The summed E-state index contributed by atoms with van der Waals surface area (Å²) in [6.45, 7) is 17.8. The zero-order valence-electron chi connectivity index (χ0n) is 45.9. The summed E-state index contributed by atoms with van der Waals surface area (Å²) in [7, 11) is 0. The molecular formula is C55H88O22. The molecule has 0 aromatic heterocycles. The maximum atomic E-state index is 15.2. The lowest BCUT2D eigenvalue weighted by Crippen LogP contribution is -2.66. The Labute approximate surface area is 449 Å². The molecule has 5 aliphatic carbocycles. The van der Waals surface area contributed by atoms with Crippen LogP contribution in [0.2, 0.25) is 0 Å². The van der Waals surface area contributed by atoms with Crippen LogP contribution >= 0.6 is 0 Å². The number of esters is 1. The standard InChI is InChI=1S/C55H88O22/c1-23-32(57)45(72-27(21-56)42(23)75-46-39(64)35(60)33(58)24(2)71-46)70-22-28-34(59)36(61)40(65)47(73-28)77-49(69)55-18-16-50(3,4)20-26(55)25-10-11-30-52(7)14-13-31(74-48-41(66)37(62)38(63)43(76-48)44(67)68)51(5,6)29(52)12-15-54(30,9)53(25,8)17-19-55/h10,23-24,26-43,45-48,56-66H,11-22H2,1-9H3,(H,67,68)/t23-,24+,26+,27-,28-,29+,30-,31+,32-,33+,34-,35-,36+,37+,38+,39-,40-,41-,42+,43+,45-,46+,47+,48-,52+,53-,54-,55+/m1/s1. The third-order valence-electron chi connectivity index (χ3n) is 21.7. The number of ether oxygens (including phenoxy) is 8. The Morgan fingerprint density at radius 3 is 1.90 bits per heavy atom. The monoisotopic (exact) mass is 1100 g/mol. The highest BCUT2D eigenvalue weighted by atomic mass is 16.8. The van der Waals surface area contributed by atoms with Gasteiger partial charge in [0.05, 0.1) is 36.9 Å². The topological polar surface area (TPSA) is 351 Å². The Hall–Kier alpha value is -2.04. The van der Waals surface area contributed by atoms with Crippen LogP contribution in [0.4, 0.5) is 0 Å². The molecule has 12 N–H and O–H groups in total. The lowest BCUT2D eigenvalue weighted by molar-refractivity contribution is -0.354. The van der Waals surface area contributed by atoms with Gasteiger partial charge in [-0.2, -0.15) is 0 Å². The summed E-state index contributed by atoms with van der Waals surface area (Å²) in [5, 5.41) is 128. The summed E-state index contributed by atoms with van der Waals surface area (Å²) in [4.78, 5) is 27.1. The molecule has 0 unspecified atom stereocenters. The van der Waals surface area contributed by atoms with Crippen molar-refractivity contribution < 1.29 is 109 Å².